The third-order valence-electron chi connectivity index (χ3n) is 16.1. The molecular formula is C46H61N5O9. The van der Waals surface area contributed by atoms with E-state index in [4.69, 9.17) is 24.7 Å². The van der Waals surface area contributed by atoms with Gasteiger partial charge >= 0.3 is 17.9 Å². The summed E-state index contributed by atoms with van der Waals surface area (Å²) in [6.45, 7) is 8.59. The average Bonchev–Trinajstić information content (AvgIpc) is 3.89. The monoisotopic (exact) mass is 827 g/mol. The Labute approximate surface area is 351 Å². The Kier molecular flexibility index (Phi) is 9.72. The Bertz CT molecular complexity index is 2220. The summed E-state index contributed by atoms with van der Waals surface area (Å²) in [7, 11) is 6.22. The third kappa shape index (κ3) is 5.32. The molecule has 4 fully saturated rings. The van der Waals surface area contributed by atoms with Gasteiger partial charge in [0.25, 0.3) is 0 Å². The van der Waals surface area contributed by atoms with Gasteiger partial charge in [0.1, 0.15) is 5.41 Å². The number of likely N-dealkylation sites (tertiary alicyclic amines) is 1. The number of carbonyl (C=O) groups is 3. The summed E-state index contributed by atoms with van der Waals surface area (Å²) in [6.07, 6.45) is 9.53. The number of aliphatic hydroxyl groups is 2. The van der Waals surface area contributed by atoms with E-state index in [0.717, 1.165) is 33.4 Å². The van der Waals surface area contributed by atoms with Crippen LogP contribution in [0.3, 0.4) is 0 Å². The number of esters is 3. The molecule has 0 radical (unpaired) electrons. The highest BCUT2D eigenvalue weighted by Gasteiger charge is 2.81. The number of H-pyrrole nitrogens is 1. The molecule has 12 atom stereocenters. The number of ether oxygens (including phenoxy) is 4. The second-order valence-corrected chi connectivity index (χ2v) is 18.8. The molecule has 0 amide bonds. The molecule has 3 saturated heterocycles. The molecule has 2 aliphatic carbocycles. The number of aromatic amines is 1. The van der Waals surface area contributed by atoms with E-state index >= 15 is 4.79 Å². The molecule has 324 valence electrons. The van der Waals surface area contributed by atoms with Crippen molar-refractivity contribution in [2.24, 2.45) is 22.7 Å². The summed E-state index contributed by atoms with van der Waals surface area (Å²) in [5, 5.41) is 26.3. The summed E-state index contributed by atoms with van der Waals surface area (Å²) in [5.41, 5.74) is 4.90. The van der Waals surface area contributed by atoms with Gasteiger partial charge in [0, 0.05) is 98.0 Å². The zero-order chi connectivity index (χ0) is 42.7. The fourth-order valence-electron chi connectivity index (χ4n) is 14.0. The number of benzene rings is 1. The topological polar surface area (TPSA) is 180 Å². The largest absolute Gasteiger partial charge is 0.468 e. The zero-order valence-electron chi connectivity index (χ0n) is 36.0. The number of likely N-dealkylation sites (N-methyl/N-ethyl adjacent to an activating group) is 1. The van der Waals surface area contributed by atoms with Gasteiger partial charge in [-0.3, -0.25) is 19.4 Å². The average molecular weight is 828 g/mol. The Morgan fingerprint density at radius 1 is 1.00 bits per heavy atom. The number of methoxy groups -OCH3 is 3. The third-order valence-corrected chi connectivity index (χ3v) is 16.1. The van der Waals surface area contributed by atoms with E-state index in [1.165, 1.54) is 21.1 Å². The smallest absolute Gasteiger partial charge is 0.344 e. The van der Waals surface area contributed by atoms with Crippen LogP contribution in [0.5, 0.6) is 0 Å². The number of piperidine rings is 1. The lowest BCUT2D eigenvalue weighted by Crippen LogP contribution is -2.79. The molecule has 6 heterocycles. The molecule has 2 bridgehead atoms. The fourth-order valence-corrected chi connectivity index (χ4v) is 14.0. The predicted octanol–water partition coefficient (Wildman–Crippen LogP) is 3.22. The molecule has 2 aromatic rings. The summed E-state index contributed by atoms with van der Waals surface area (Å²) in [6, 6.07) is 4.58. The second-order valence-electron chi connectivity index (χ2n) is 18.8. The standard InChI is InChI=1S/C46H61N5O9/c1-8-42(55)22-27-23-45(40(53)58-6,36-29(13-17-50(24-27)25-42)30-19-28(47)11-12-33(30)48-36)32-20-31-34(21-35(32)57-5)49(4)38-44(31)15-18-51-16-10-14-43(9-2,37(44)51)39(60-26(3)52)46(38,56)41(54)59-7/h10-12,14,19-21,27,32,35,37-39,48,55-56H,8-9,13,15-18,22-25,47H2,1-7H3/t27-,32?,35?,37+,38-,39-,42+,43-,44-,45+,46+/m1/s1. The van der Waals surface area contributed by atoms with Gasteiger partial charge in [-0.2, -0.15) is 0 Å². The molecule has 9 rings (SSSR count). The van der Waals surface area contributed by atoms with Gasteiger partial charge in [-0.25, -0.2) is 4.79 Å². The predicted molar refractivity (Wildman–Crippen MR) is 223 cm³/mol. The number of carbonyl (C=O) groups excluding carboxylic acids is 3. The van der Waals surface area contributed by atoms with Crippen molar-refractivity contribution in [2.75, 3.05) is 66.8 Å². The summed E-state index contributed by atoms with van der Waals surface area (Å²) in [4.78, 5) is 53.3. The first-order chi connectivity index (χ1) is 28.6. The van der Waals surface area contributed by atoms with Crippen LogP contribution in [-0.4, -0.2) is 144 Å². The lowest BCUT2D eigenvalue weighted by atomic mass is 9.47. The number of nitrogen functional groups attached to an aromatic ring is 1. The van der Waals surface area contributed by atoms with E-state index in [1.54, 1.807) is 7.11 Å². The van der Waals surface area contributed by atoms with Crippen LogP contribution in [-0.2, 0) is 45.2 Å². The molecular weight excluding hydrogens is 767 g/mol. The Balaban J connectivity index is 1.33. The van der Waals surface area contributed by atoms with Crippen molar-refractivity contribution in [3.63, 3.8) is 0 Å². The normalized spacial score (nSPS) is 40.5. The number of aromatic nitrogens is 1. The Morgan fingerprint density at radius 3 is 2.45 bits per heavy atom. The molecule has 60 heavy (non-hydrogen) atoms. The Morgan fingerprint density at radius 2 is 1.77 bits per heavy atom. The van der Waals surface area contributed by atoms with Crippen molar-refractivity contribution in [2.45, 2.75) is 100 Å². The van der Waals surface area contributed by atoms with Gasteiger partial charge in [-0.05, 0) is 86.4 Å². The lowest BCUT2D eigenvalue weighted by molar-refractivity contribution is -0.243. The number of hydrogen-bond acceptors (Lipinski definition) is 13. The number of nitrogens with zero attached hydrogens (tertiary/aromatic N) is 3. The Hall–Kier alpha value is -4.21. The number of anilines is 1. The maximum Gasteiger partial charge on any atom is 0.344 e. The quantitative estimate of drug-likeness (QED) is 0.139. The van der Waals surface area contributed by atoms with Gasteiger partial charge in [-0.15, -0.1) is 0 Å². The molecule has 14 heteroatoms. The highest BCUT2D eigenvalue weighted by Crippen LogP contribution is 2.70. The first kappa shape index (κ1) is 41.2. The van der Waals surface area contributed by atoms with Gasteiger partial charge in [-0.1, -0.05) is 32.1 Å². The van der Waals surface area contributed by atoms with E-state index in [1.807, 2.05) is 50.1 Å². The van der Waals surface area contributed by atoms with Crippen LogP contribution in [0.15, 0.2) is 53.8 Å². The summed E-state index contributed by atoms with van der Waals surface area (Å²) < 4.78 is 24.1. The molecule has 5 N–H and O–H groups in total. The van der Waals surface area contributed by atoms with Crippen molar-refractivity contribution in [3.8, 4) is 0 Å². The molecule has 1 aromatic heterocycles. The zero-order valence-corrected chi connectivity index (χ0v) is 36.0. The minimum Gasteiger partial charge on any atom is -0.468 e. The van der Waals surface area contributed by atoms with E-state index in [9.17, 15) is 19.8 Å². The van der Waals surface area contributed by atoms with Crippen molar-refractivity contribution in [1.82, 2.24) is 19.7 Å². The molecule has 1 saturated carbocycles. The highest BCUT2D eigenvalue weighted by atomic mass is 16.6. The van der Waals surface area contributed by atoms with Crippen molar-refractivity contribution in [3.05, 3.63) is 65.0 Å². The van der Waals surface area contributed by atoms with E-state index in [-0.39, 0.29) is 12.0 Å². The van der Waals surface area contributed by atoms with Gasteiger partial charge in [0.05, 0.1) is 32.0 Å². The minimum absolute atomic E-state index is 0.0922. The van der Waals surface area contributed by atoms with Crippen LogP contribution >= 0.6 is 0 Å². The van der Waals surface area contributed by atoms with Crippen LogP contribution in [0.25, 0.3) is 10.9 Å². The van der Waals surface area contributed by atoms with Gasteiger partial charge in [0.15, 0.2) is 6.10 Å². The van der Waals surface area contributed by atoms with Crippen LogP contribution in [0.4, 0.5) is 5.69 Å². The molecule has 1 spiro atoms. The van der Waals surface area contributed by atoms with Crippen LogP contribution in [0.2, 0.25) is 0 Å². The minimum atomic E-state index is -2.30. The first-order valence-corrected chi connectivity index (χ1v) is 21.7. The second kappa shape index (κ2) is 14.2. The first-order valence-electron chi connectivity index (χ1n) is 21.7. The van der Waals surface area contributed by atoms with Gasteiger partial charge in [0.2, 0.25) is 5.60 Å². The maximum atomic E-state index is 15.4. The van der Waals surface area contributed by atoms with Crippen molar-refractivity contribution in [1.29, 1.82) is 0 Å². The number of fused-ring (bicyclic) bond motifs is 6. The number of rotatable bonds is 7. The SMILES string of the molecule is CC[C@]1(O)C[C@H]2CN(CCc3c([nH]c4ccc(N)cc34)[C@@](C(=O)OC)(C3C=C4C(=CC3OC)N(C)[C@H]3[C@@](O)(C(=O)OC)[C@H](OC(C)=O)[C@]5(CC)C=CCN6CC[C@]43[C@@H]65)C2)C1. The molecule has 3 unspecified atom stereocenters. The van der Waals surface area contributed by atoms with Crippen LogP contribution < -0.4 is 5.73 Å². The number of hydrogen-bond donors (Lipinski definition) is 4. The van der Waals surface area contributed by atoms with Gasteiger partial charge < -0.3 is 44.8 Å². The fraction of sp³-hybridized carbons (Fsp3) is 0.630. The summed E-state index contributed by atoms with van der Waals surface area (Å²) >= 11 is 0. The van der Waals surface area contributed by atoms with Crippen molar-refractivity contribution >= 4 is 34.5 Å². The number of nitrogens with two attached hydrogens (primary N) is 1. The molecule has 5 aliphatic heterocycles. The molecule has 7 aliphatic rings. The summed E-state index contributed by atoms with van der Waals surface area (Å²) in [5.74, 6) is -2.63. The van der Waals surface area contributed by atoms with Crippen molar-refractivity contribution < 1.29 is 43.5 Å². The molecule has 14 nitrogen and oxygen atoms in total. The van der Waals surface area contributed by atoms with Crippen LogP contribution in [0, 0.1) is 22.7 Å². The highest BCUT2D eigenvalue weighted by molar-refractivity contribution is 5.93. The molecule has 1 aromatic carbocycles. The van der Waals surface area contributed by atoms with E-state index in [0.29, 0.717) is 76.9 Å². The van der Waals surface area contributed by atoms with E-state index in [2.05, 4.69) is 33.0 Å². The van der Waals surface area contributed by atoms with E-state index < -0.39 is 69.5 Å². The number of allylic oxidation sites excluding steroid dienone is 1. The number of nitrogens with one attached hydrogen (secondary N) is 1. The lowest BCUT2D eigenvalue weighted by Gasteiger charge is -2.63. The maximum absolute atomic E-state index is 15.4. The van der Waals surface area contributed by atoms with Crippen LogP contribution in [0.1, 0.15) is 64.1 Å².